The average molecular weight is 573 g/mol. The molecule has 184 valence electrons. The van der Waals surface area contributed by atoms with Gasteiger partial charge in [-0.1, -0.05) is 0 Å². The number of amides is 2. The molecule has 0 aliphatic carbocycles. The van der Waals surface area contributed by atoms with Crippen LogP contribution in [-0.4, -0.2) is 61.9 Å². The van der Waals surface area contributed by atoms with Gasteiger partial charge in [-0.25, -0.2) is 18.7 Å². The lowest BCUT2D eigenvalue weighted by Gasteiger charge is -2.31. The van der Waals surface area contributed by atoms with Crippen LogP contribution in [0.15, 0.2) is 40.4 Å². The van der Waals surface area contributed by atoms with Gasteiger partial charge in [0.25, 0.3) is 5.91 Å². The van der Waals surface area contributed by atoms with Crippen LogP contribution in [0.2, 0.25) is 0 Å². The molecule has 1 N–H and O–H groups in total. The van der Waals surface area contributed by atoms with Gasteiger partial charge in [0.15, 0.2) is 16.1 Å². The molecule has 2 atom stereocenters. The Morgan fingerprint density at radius 1 is 1.29 bits per heavy atom. The Hall–Kier alpha value is -1.86. The molecule has 0 bridgehead atoms. The van der Waals surface area contributed by atoms with Crippen LogP contribution in [0.3, 0.4) is 0 Å². The van der Waals surface area contributed by atoms with Gasteiger partial charge in [-0.3, -0.25) is 14.6 Å². The van der Waals surface area contributed by atoms with E-state index in [2.05, 4.69) is 26.4 Å². The highest BCUT2D eigenvalue weighted by Crippen LogP contribution is 2.44. The van der Waals surface area contributed by atoms with Gasteiger partial charge in [0.05, 0.1) is 21.5 Å². The van der Waals surface area contributed by atoms with E-state index >= 15 is 0 Å². The molecule has 2 amide bonds. The Morgan fingerprint density at radius 2 is 2.15 bits per heavy atom. The van der Waals surface area contributed by atoms with Crippen molar-refractivity contribution >= 4 is 48.9 Å². The highest BCUT2D eigenvalue weighted by molar-refractivity contribution is 9.11. The molecule has 0 aromatic carbocycles. The number of ether oxygens (including phenoxy) is 1. The fourth-order valence-corrected chi connectivity index (χ4v) is 8.22. The second kappa shape index (κ2) is 10.8. The molecule has 2 fully saturated rings. The zero-order chi connectivity index (χ0) is 24.2. The number of pyridine rings is 1. The molecule has 2 aliphatic heterocycles. The second-order valence-electron chi connectivity index (χ2n) is 8.32. The van der Waals surface area contributed by atoms with Crippen LogP contribution in [-0.2, 0) is 29.0 Å². The van der Waals surface area contributed by atoms with Gasteiger partial charge in [-0.15, -0.1) is 11.3 Å². The molecule has 12 heteroatoms. The molecule has 0 saturated carbocycles. The third-order valence-electron chi connectivity index (χ3n) is 6.12. The third kappa shape index (κ3) is 5.51. The lowest BCUT2D eigenvalue weighted by Crippen LogP contribution is -2.43. The van der Waals surface area contributed by atoms with E-state index in [1.807, 2.05) is 0 Å². The average Bonchev–Trinajstić information content (AvgIpc) is 3.23. The van der Waals surface area contributed by atoms with Crippen molar-refractivity contribution in [1.29, 1.82) is 0 Å². The zero-order valence-electron chi connectivity index (χ0n) is 18.4. The highest BCUT2D eigenvalue weighted by Gasteiger charge is 2.50. The van der Waals surface area contributed by atoms with Crippen molar-refractivity contribution in [3.8, 4) is 0 Å². The molecule has 0 spiro atoms. The van der Waals surface area contributed by atoms with Gasteiger partial charge < -0.3 is 9.64 Å². The molecule has 4 heterocycles. The molecule has 0 radical (unpaired) electrons. The Kier molecular flexibility index (Phi) is 8.03. The molecule has 2 aliphatic rings. The summed E-state index contributed by atoms with van der Waals surface area (Å²) in [5, 5.41) is 0. The van der Waals surface area contributed by atoms with E-state index < -0.39 is 26.8 Å². The standard InChI is InChI=1S/C22H26BrN3O6S2/c23-18-7-6-17(33-18)22(14-19(27)25-32-20-5-1-2-12-31-20)8-10-26(11-13-34(22,29)30)21(28)16-4-3-9-24-15-16/h3-4,6-7,9,15,20H,1-2,5,8,10-14H2,(H,25,27). The lowest BCUT2D eigenvalue weighted by atomic mass is 9.97. The summed E-state index contributed by atoms with van der Waals surface area (Å²) >= 11 is 4.68. The van der Waals surface area contributed by atoms with Gasteiger partial charge in [0.1, 0.15) is 4.75 Å². The van der Waals surface area contributed by atoms with E-state index in [4.69, 9.17) is 9.57 Å². The number of rotatable bonds is 6. The van der Waals surface area contributed by atoms with E-state index in [1.165, 1.54) is 22.4 Å². The molecular formula is C22H26BrN3O6S2. The molecule has 2 saturated heterocycles. The lowest BCUT2D eigenvalue weighted by molar-refractivity contribution is -0.200. The molecule has 4 rings (SSSR count). The number of nitrogens with zero attached hydrogens (tertiary/aromatic N) is 2. The van der Waals surface area contributed by atoms with Crippen molar-refractivity contribution < 1.29 is 27.6 Å². The van der Waals surface area contributed by atoms with Crippen LogP contribution in [0.5, 0.6) is 0 Å². The van der Waals surface area contributed by atoms with E-state index in [9.17, 15) is 18.0 Å². The second-order valence-corrected chi connectivity index (χ2v) is 13.2. The summed E-state index contributed by atoms with van der Waals surface area (Å²) in [7, 11) is -3.82. The van der Waals surface area contributed by atoms with Crippen LogP contribution in [0.1, 0.15) is 47.3 Å². The van der Waals surface area contributed by atoms with Crippen LogP contribution in [0.25, 0.3) is 0 Å². The normalized spacial score (nSPS) is 24.9. The first-order chi connectivity index (χ1) is 16.3. The van der Waals surface area contributed by atoms with Crippen molar-refractivity contribution in [3.63, 3.8) is 0 Å². The fourth-order valence-electron chi connectivity index (χ4n) is 4.24. The smallest absolute Gasteiger partial charge is 0.255 e. The van der Waals surface area contributed by atoms with Crippen molar-refractivity contribution in [3.05, 3.63) is 50.9 Å². The van der Waals surface area contributed by atoms with Crippen molar-refractivity contribution in [2.45, 2.75) is 43.1 Å². The maximum Gasteiger partial charge on any atom is 0.255 e. The minimum absolute atomic E-state index is 0.0401. The zero-order valence-corrected chi connectivity index (χ0v) is 21.7. The van der Waals surface area contributed by atoms with E-state index in [0.29, 0.717) is 23.5 Å². The number of aromatic nitrogens is 1. The Labute approximate surface area is 210 Å². The SMILES string of the molecule is O=C(CC1(c2ccc(Br)s2)CCN(C(=O)c2cccnc2)CCS1(=O)=O)NOC1CCCCO1. The van der Waals surface area contributed by atoms with Gasteiger partial charge in [-0.2, -0.15) is 0 Å². The third-order valence-corrected chi connectivity index (χ3v) is 10.6. The van der Waals surface area contributed by atoms with Crippen LogP contribution < -0.4 is 5.48 Å². The largest absolute Gasteiger partial charge is 0.350 e. The maximum absolute atomic E-state index is 13.7. The van der Waals surface area contributed by atoms with Crippen LogP contribution in [0.4, 0.5) is 0 Å². The van der Waals surface area contributed by atoms with E-state index in [0.717, 1.165) is 16.6 Å². The Bertz CT molecular complexity index is 1120. The first-order valence-corrected chi connectivity index (χ1v) is 14.3. The summed E-state index contributed by atoms with van der Waals surface area (Å²) in [6.45, 7) is 0.781. The van der Waals surface area contributed by atoms with E-state index in [1.54, 1.807) is 30.5 Å². The number of nitrogens with one attached hydrogen (secondary N) is 1. The van der Waals surface area contributed by atoms with Crippen LogP contribution in [0, 0.1) is 0 Å². The number of hydrogen-bond donors (Lipinski definition) is 1. The quantitative estimate of drug-likeness (QED) is 0.530. The topological polar surface area (TPSA) is 115 Å². The number of thiophene rings is 1. The number of hydrogen-bond acceptors (Lipinski definition) is 8. The van der Waals surface area contributed by atoms with Gasteiger partial charge >= 0.3 is 0 Å². The van der Waals surface area contributed by atoms with Gasteiger partial charge in [0, 0.05) is 43.4 Å². The Morgan fingerprint density at radius 3 is 2.82 bits per heavy atom. The molecular weight excluding hydrogens is 546 g/mol. The van der Waals surface area contributed by atoms with Crippen molar-refractivity contribution in [2.75, 3.05) is 25.4 Å². The predicted octanol–water partition coefficient (Wildman–Crippen LogP) is 3.03. The van der Waals surface area contributed by atoms with Crippen LogP contribution >= 0.6 is 27.3 Å². The molecule has 2 aromatic heterocycles. The molecule has 9 nitrogen and oxygen atoms in total. The number of halogens is 1. The molecule has 2 aromatic rings. The van der Waals surface area contributed by atoms with Gasteiger partial charge in [-0.05, 0) is 59.5 Å². The maximum atomic E-state index is 13.7. The number of hydroxylamine groups is 1. The molecule has 34 heavy (non-hydrogen) atoms. The number of sulfone groups is 1. The summed E-state index contributed by atoms with van der Waals surface area (Å²) < 4.78 is 32.1. The van der Waals surface area contributed by atoms with Crippen molar-refractivity contribution in [1.82, 2.24) is 15.4 Å². The summed E-state index contributed by atoms with van der Waals surface area (Å²) in [5.74, 6) is -1.09. The first-order valence-electron chi connectivity index (χ1n) is 11.0. The van der Waals surface area contributed by atoms with Crippen molar-refractivity contribution in [2.24, 2.45) is 0 Å². The molecule has 2 unspecified atom stereocenters. The first kappa shape index (κ1) is 25.2. The summed E-state index contributed by atoms with van der Waals surface area (Å²) in [4.78, 5) is 37.4. The summed E-state index contributed by atoms with van der Waals surface area (Å²) in [6, 6.07) is 6.81. The minimum atomic E-state index is -3.82. The Balaban J connectivity index is 1.57. The monoisotopic (exact) mass is 571 g/mol. The summed E-state index contributed by atoms with van der Waals surface area (Å²) in [6.07, 6.45) is 4.80. The number of carbonyl (C=O) groups excluding carboxylic acids is 2. The minimum Gasteiger partial charge on any atom is -0.350 e. The number of carbonyl (C=O) groups is 2. The van der Waals surface area contributed by atoms with E-state index in [-0.39, 0.29) is 37.6 Å². The summed E-state index contributed by atoms with van der Waals surface area (Å²) in [5.41, 5.74) is 2.79. The van der Waals surface area contributed by atoms with Gasteiger partial charge in [0.2, 0.25) is 5.91 Å². The fraction of sp³-hybridized carbons (Fsp3) is 0.500. The predicted molar refractivity (Wildman–Crippen MR) is 130 cm³/mol. The highest BCUT2D eigenvalue weighted by atomic mass is 79.9.